The molecular weight excluding hydrogens is 526 g/mol. The van der Waals surface area contributed by atoms with Crippen LogP contribution in [-0.4, -0.2) is 16.6 Å². The topological polar surface area (TPSA) is 45.1 Å². The first-order valence-electron chi connectivity index (χ1n) is 12.4. The zero-order chi connectivity index (χ0) is 25.1. The van der Waals surface area contributed by atoms with Crippen molar-refractivity contribution in [1.82, 2.24) is 5.01 Å². The summed E-state index contributed by atoms with van der Waals surface area (Å²) in [5.41, 5.74) is 5.61. The normalized spacial score (nSPS) is 21.4. The minimum absolute atomic E-state index is 0.120. The van der Waals surface area contributed by atoms with Gasteiger partial charge in [-0.1, -0.05) is 94.3 Å². The lowest BCUT2D eigenvalue weighted by Crippen LogP contribution is -2.57. The lowest BCUT2D eigenvalue weighted by molar-refractivity contribution is -0.164. The molecule has 7 rings (SSSR count). The molecule has 1 spiro atoms. The summed E-state index contributed by atoms with van der Waals surface area (Å²) >= 11 is 3.63. The van der Waals surface area contributed by atoms with Gasteiger partial charge < -0.3 is 9.64 Å². The van der Waals surface area contributed by atoms with Gasteiger partial charge in [0, 0.05) is 16.5 Å². The summed E-state index contributed by atoms with van der Waals surface area (Å²) < 4.78 is 7.74. The summed E-state index contributed by atoms with van der Waals surface area (Å²) in [4.78, 5) is 16.4. The molecule has 0 unspecified atom stereocenters. The van der Waals surface area contributed by atoms with Crippen LogP contribution in [-0.2, 0) is 17.1 Å². The van der Waals surface area contributed by atoms with E-state index < -0.39 is 5.72 Å². The fourth-order valence-corrected chi connectivity index (χ4v) is 6.07. The Kier molecular flexibility index (Phi) is 5.01. The Hall–Kier alpha value is -3.90. The fourth-order valence-electron chi connectivity index (χ4n) is 5.69. The van der Waals surface area contributed by atoms with E-state index in [1.807, 2.05) is 76.6 Å². The van der Waals surface area contributed by atoms with Crippen molar-refractivity contribution in [2.45, 2.75) is 31.7 Å². The van der Waals surface area contributed by atoms with Crippen LogP contribution in [0.2, 0.25) is 0 Å². The third kappa shape index (κ3) is 3.36. The van der Waals surface area contributed by atoms with E-state index in [4.69, 9.17) is 9.84 Å². The number of hydrogen-bond acceptors (Lipinski definition) is 4. The van der Waals surface area contributed by atoms with Crippen LogP contribution in [0.5, 0.6) is 5.75 Å². The van der Waals surface area contributed by atoms with Gasteiger partial charge in [0.25, 0.3) is 5.91 Å². The Morgan fingerprint density at radius 3 is 2.54 bits per heavy atom. The lowest BCUT2D eigenvalue weighted by Gasteiger charge is -2.44. The van der Waals surface area contributed by atoms with Gasteiger partial charge in [0.15, 0.2) is 0 Å². The number of anilines is 1. The predicted molar refractivity (Wildman–Crippen MR) is 147 cm³/mol. The van der Waals surface area contributed by atoms with Gasteiger partial charge in [-0.15, -0.1) is 0 Å². The number of aryl methyl sites for hydroxylation is 1. The summed E-state index contributed by atoms with van der Waals surface area (Å²) in [5, 5.41) is 7.05. The molecule has 182 valence electrons. The number of ether oxygens (including phenoxy) is 1. The number of para-hydroxylation sites is 1. The molecule has 0 saturated carbocycles. The van der Waals surface area contributed by atoms with Crippen LogP contribution in [0, 0.1) is 6.92 Å². The number of amides is 1. The molecule has 0 radical (unpaired) electrons. The van der Waals surface area contributed by atoms with Crippen molar-refractivity contribution in [3.05, 3.63) is 129 Å². The summed E-state index contributed by atoms with van der Waals surface area (Å²) in [6.45, 7) is 2.54. The molecule has 6 heteroatoms. The van der Waals surface area contributed by atoms with Crippen LogP contribution in [0.4, 0.5) is 5.69 Å². The molecule has 0 N–H and O–H groups in total. The molecule has 0 bridgehead atoms. The van der Waals surface area contributed by atoms with Crippen LogP contribution >= 0.6 is 15.9 Å². The van der Waals surface area contributed by atoms with E-state index in [9.17, 15) is 4.79 Å². The fraction of sp³-hybridized carbons (Fsp3) is 0.161. The van der Waals surface area contributed by atoms with E-state index in [2.05, 4.69) is 53.2 Å². The predicted octanol–water partition coefficient (Wildman–Crippen LogP) is 6.70. The molecule has 0 aromatic heterocycles. The summed E-state index contributed by atoms with van der Waals surface area (Å²) in [7, 11) is 0. The summed E-state index contributed by atoms with van der Waals surface area (Å²) in [6.07, 6.45) is 0.686. The first-order valence-corrected chi connectivity index (χ1v) is 13.2. The molecule has 0 saturated heterocycles. The lowest BCUT2D eigenvalue weighted by atomic mass is 9.92. The average Bonchev–Trinajstić information content (AvgIpc) is 3.46. The van der Waals surface area contributed by atoms with E-state index in [0.717, 1.165) is 43.9 Å². The molecule has 4 aromatic rings. The van der Waals surface area contributed by atoms with Crippen molar-refractivity contribution >= 4 is 33.2 Å². The van der Waals surface area contributed by atoms with E-state index in [1.54, 1.807) is 0 Å². The van der Waals surface area contributed by atoms with Crippen LogP contribution in [0.3, 0.4) is 0 Å². The van der Waals surface area contributed by atoms with E-state index >= 15 is 0 Å². The van der Waals surface area contributed by atoms with Crippen molar-refractivity contribution in [2.24, 2.45) is 5.10 Å². The van der Waals surface area contributed by atoms with Gasteiger partial charge in [0.05, 0.1) is 29.5 Å². The number of hydrazone groups is 1. The van der Waals surface area contributed by atoms with Crippen LogP contribution in [0.1, 0.15) is 40.3 Å². The van der Waals surface area contributed by atoms with Gasteiger partial charge >= 0.3 is 5.72 Å². The van der Waals surface area contributed by atoms with Crippen LogP contribution in [0.25, 0.3) is 0 Å². The second-order valence-electron chi connectivity index (χ2n) is 9.80. The second-order valence-corrected chi connectivity index (χ2v) is 10.7. The molecule has 37 heavy (non-hydrogen) atoms. The third-order valence-electron chi connectivity index (χ3n) is 7.48. The van der Waals surface area contributed by atoms with Gasteiger partial charge in [-0.05, 0) is 42.3 Å². The van der Waals surface area contributed by atoms with Gasteiger partial charge in [-0.2, -0.15) is 5.10 Å². The van der Waals surface area contributed by atoms with Crippen molar-refractivity contribution in [3.63, 3.8) is 0 Å². The molecule has 3 aliphatic heterocycles. The van der Waals surface area contributed by atoms with Crippen molar-refractivity contribution in [3.8, 4) is 5.75 Å². The number of carbonyl (C=O) groups is 1. The maximum atomic E-state index is 14.5. The highest BCUT2D eigenvalue weighted by Crippen LogP contribution is 2.56. The van der Waals surface area contributed by atoms with Gasteiger partial charge in [0.1, 0.15) is 5.75 Å². The highest BCUT2D eigenvalue weighted by atomic mass is 79.9. The zero-order valence-corrected chi connectivity index (χ0v) is 21.9. The number of carbonyl (C=O) groups excluding carboxylic acids is 1. The maximum absolute atomic E-state index is 14.5. The SMILES string of the molecule is Cc1ccc(C2=NN3[C@H](C2)c2cc(Br)ccc2O[C@@]32C(=O)N(Cc3ccccc3)c3ccccc32)cc1. The second kappa shape index (κ2) is 8.32. The van der Waals surface area contributed by atoms with E-state index in [1.165, 1.54) is 5.56 Å². The summed E-state index contributed by atoms with van der Waals surface area (Å²) in [5.74, 6) is 0.597. The summed E-state index contributed by atoms with van der Waals surface area (Å²) in [6, 6.07) is 32.3. The highest BCUT2D eigenvalue weighted by Gasteiger charge is 2.63. The Morgan fingerprint density at radius 1 is 0.973 bits per heavy atom. The average molecular weight is 550 g/mol. The van der Waals surface area contributed by atoms with Crippen molar-refractivity contribution in [1.29, 1.82) is 0 Å². The molecule has 0 fully saturated rings. The number of halogens is 1. The Morgan fingerprint density at radius 2 is 1.73 bits per heavy atom. The molecular formula is C31H24BrN3O2. The van der Waals surface area contributed by atoms with E-state index in [0.29, 0.717) is 13.0 Å². The quantitative estimate of drug-likeness (QED) is 0.285. The minimum Gasteiger partial charge on any atom is -0.453 e. The van der Waals surface area contributed by atoms with Gasteiger partial charge in [-0.25, -0.2) is 5.01 Å². The molecule has 4 aromatic carbocycles. The highest BCUT2D eigenvalue weighted by molar-refractivity contribution is 9.10. The Labute approximate surface area is 224 Å². The molecule has 0 aliphatic carbocycles. The number of nitrogens with zero attached hydrogens (tertiary/aromatic N) is 3. The number of rotatable bonds is 3. The third-order valence-corrected chi connectivity index (χ3v) is 7.98. The first-order chi connectivity index (χ1) is 18.0. The van der Waals surface area contributed by atoms with Crippen LogP contribution in [0.15, 0.2) is 107 Å². The molecule has 3 heterocycles. The van der Waals surface area contributed by atoms with Gasteiger partial charge in [0.2, 0.25) is 0 Å². The number of benzene rings is 4. The standard InChI is InChI=1S/C31H24BrN3O2/c1-20-11-13-22(14-12-20)26-18-28-24-17-23(32)15-16-29(24)37-31(35(28)33-26)25-9-5-6-10-27(25)34(30(31)36)19-21-7-3-2-4-8-21/h2-17,28H,18-19H2,1H3/t28-,31+/m1/s1. The smallest absolute Gasteiger partial charge is 0.306 e. The van der Waals surface area contributed by atoms with Gasteiger partial charge in [-0.3, -0.25) is 4.79 Å². The number of fused-ring (bicyclic) bond motifs is 6. The van der Waals surface area contributed by atoms with E-state index in [-0.39, 0.29) is 11.9 Å². The molecule has 3 aliphatic rings. The molecule has 1 amide bonds. The minimum atomic E-state index is -1.37. The largest absolute Gasteiger partial charge is 0.453 e. The van der Waals surface area contributed by atoms with Crippen molar-refractivity contribution in [2.75, 3.05) is 4.90 Å². The van der Waals surface area contributed by atoms with Crippen LogP contribution < -0.4 is 9.64 Å². The Bertz CT molecular complexity index is 1570. The number of hydrogen-bond donors (Lipinski definition) is 0. The zero-order valence-electron chi connectivity index (χ0n) is 20.3. The Balaban J connectivity index is 1.41. The first kappa shape index (κ1) is 22.3. The molecule has 2 atom stereocenters. The molecule has 5 nitrogen and oxygen atoms in total. The maximum Gasteiger partial charge on any atom is 0.306 e. The van der Waals surface area contributed by atoms with Crippen molar-refractivity contribution < 1.29 is 9.53 Å². The monoisotopic (exact) mass is 549 g/mol.